The number of halogens is 3. The first-order valence-corrected chi connectivity index (χ1v) is 4.99. The number of hydrogen-bond acceptors (Lipinski definition) is 4. The smallest absolute Gasteiger partial charge is 0.233 e. The Balaban J connectivity index is 3.37. The van der Waals surface area contributed by atoms with Crippen LogP contribution in [0.4, 0.5) is 5.82 Å². The highest BCUT2D eigenvalue weighted by molar-refractivity contribution is 6.66. The summed E-state index contributed by atoms with van der Waals surface area (Å²) in [5.74, 6) is -0.0210. The molecule has 8 heteroatoms. The van der Waals surface area contributed by atoms with Crippen LogP contribution in [0.15, 0.2) is 0 Å². The number of nitrogen functional groups attached to an aromatic ring is 1. The molecule has 0 spiro atoms. The molecule has 1 rings (SSSR count). The Morgan fingerprint density at radius 3 is 2.53 bits per heavy atom. The largest absolute Gasteiger partial charge is 0.394 e. The third-order valence-electron chi connectivity index (χ3n) is 1.67. The number of nitrogens with two attached hydrogens (primary N) is 1. The molecule has 82 valence electrons. The number of rotatable bonds is 2. The summed E-state index contributed by atoms with van der Waals surface area (Å²) >= 11 is 17.0. The molecule has 0 saturated heterocycles. The normalized spacial score (nSPS) is 11.4. The molecule has 0 aromatic carbocycles. The van der Waals surface area contributed by atoms with Crippen molar-refractivity contribution in [2.24, 2.45) is 0 Å². The topological polar surface area (TPSA) is 87.9 Å². The molecule has 5 nitrogen and oxygen atoms in total. The Labute approximate surface area is 101 Å². The van der Waals surface area contributed by atoms with Gasteiger partial charge in [-0.25, -0.2) is 0 Å². The van der Waals surface area contributed by atoms with E-state index in [-0.39, 0.29) is 30.2 Å². The van der Waals surface area contributed by atoms with Gasteiger partial charge < -0.3 is 10.8 Å². The summed E-state index contributed by atoms with van der Waals surface area (Å²) in [5.41, 5.74) is 5.56. The van der Waals surface area contributed by atoms with Crippen molar-refractivity contribution in [2.45, 2.75) is 10.3 Å². The maximum atomic E-state index is 8.82. The monoisotopic (exact) mass is 268 g/mol. The second-order valence-electron chi connectivity index (χ2n) is 2.67. The number of alkyl halides is 3. The molecule has 0 bridgehead atoms. The second-order valence-corrected chi connectivity index (χ2v) is 4.95. The average molecular weight is 270 g/mol. The number of nitriles is 1. The quantitative estimate of drug-likeness (QED) is 0.789. The van der Waals surface area contributed by atoms with Crippen LogP contribution >= 0.6 is 34.8 Å². The average Bonchev–Trinajstić information content (AvgIpc) is 2.41. The zero-order valence-electron chi connectivity index (χ0n) is 7.41. The van der Waals surface area contributed by atoms with Crippen molar-refractivity contribution < 1.29 is 5.11 Å². The van der Waals surface area contributed by atoms with Crippen LogP contribution < -0.4 is 5.73 Å². The van der Waals surface area contributed by atoms with Crippen LogP contribution in [0.25, 0.3) is 0 Å². The van der Waals surface area contributed by atoms with Gasteiger partial charge in [-0.2, -0.15) is 10.4 Å². The first kappa shape index (κ1) is 12.4. The van der Waals surface area contributed by atoms with Crippen LogP contribution in [0.5, 0.6) is 0 Å². The predicted molar refractivity (Wildman–Crippen MR) is 57.7 cm³/mol. The lowest BCUT2D eigenvalue weighted by Crippen LogP contribution is -2.15. The van der Waals surface area contributed by atoms with Crippen molar-refractivity contribution in [1.82, 2.24) is 9.78 Å². The number of hydrogen-bond donors (Lipinski definition) is 2. The number of aliphatic hydroxyl groups excluding tert-OH is 1. The molecule has 0 amide bonds. The molecule has 0 aliphatic heterocycles. The highest BCUT2D eigenvalue weighted by Gasteiger charge is 2.33. The van der Waals surface area contributed by atoms with Gasteiger partial charge in [0.2, 0.25) is 3.79 Å². The molecule has 3 N–H and O–H groups in total. The van der Waals surface area contributed by atoms with Crippen LogP contribution in [0.3, 0.4) is 0 Å². The second kappa shape index (κ2) is 4.45. The number of aromatic nitrogens is 2. The van der Waals surface area contributed by atoms with Crippen molar-refractivity contribution in [2.75, 3.05) is 12.3 Å². The van der Waals surface area contributed by atoms with Crippen molar-refractivity contribution in [3.8, 4) is 6.07 Å². The summed E-state index contributed by atoms with van der Waals surface area (Å²) in [5, 5.41) is 21.4. The summed E-state index contributed by atoms with van der Waals surface area (Å²) in [6.45, 7) is -0.0884. The molecule has 0 unspecified atom stereocenters. The van der Waals surface area contributed by atoms with Gasteiger partial charge in [-0.1, -0.05) is 34.8 Å². The fourth-order valence-corrected chi connectivity index (χ4v) is 1.71. The summed E-state index contributed by atoms with van der Waals surface area (Å²) in [4.78, 5) is 0. The minimum absolute atomic E-state index is 0.0171. The maximum Gasteiger partial charge on any atom is 0.233 e. The first-order valence-electron chi connectivity index (χ1n) is 3.86. The van der Waals surface area contributed by atoms with Crippen molar-refractivity contribution in [1.29, 1.82) is 5.26 Å². The zero-order valence-corrected chi connectivity index (χ0v) is 9.68. The van der Waals surface area contributed by atoms with Gasteiger partial charge in [-0.15, -0.1) is 0 Å². The molecule has 0 aliphatic rings. The SMILES string of the molecule is N#Cc1c(N)nn(CCO)c1C(Cl)(Cl)Cl. The Hall–Kier alpha value is -0.670. The van der Waals surface area contributed by atoms with Gasteiger partial charge >= 0.3 is 0 Å². The molecule has 1 aromatic rings. The Kier molecular flexibility index (Phi) is 3.68. The van der Waals surface area contributed by atoms with E-state index in [0.29, 0.717) is 0 Å². The number of nitrogens with zero attached hydrogens (tertiary/aromatic N) is 3. The fourth-order valence-electron chi connectivity index (χ4n) is 1.14. The van der Waals surface area contributed by atoms with Crippen molar-refractivity contribution in [3.63, 3.8) is 0 Å². The van der Waals surface area contributed by atoms with E-state index in [0.717, 1.165) is 0 Å². The van der Waals surface area contributed by atoms with Gasteiger partial charge in [-0.3, -0.25) is 4.68 Å². The summed E-state index contributed by atoms with van der Waals surface area (Å²) in [6, 6.07) is 1.81. The lowest BCUT2D eigenvalue weighted by Gasteiger charge is -2.13. The molecule has 1 heterocycles. The van der Waals surface area contributed by atoms with E-state index in [4.69, 9.17) is 50.9 Å². The zero-order chi connectivity index (χ0) is 11.6. The van der Waals surface area contributed by atoms with Crippen LogP contribution in [-0.4, -0.2) is 21.5 Å². The van der Waals surface area contributed by atoms with Crippen LogP contribution in [0.1, 0.15) is 11.3 Å². The van der Waals surface area contributed by atoms with E-state index in [9.17, 15) is 0 Å². The van der Waals surface area contributed by atoms with E-state index >= 15 is 0 Å². The molecule has 1 aromatic heterocycles. The summed E-state index contributed by atoms with van der Waals surface area (Å²) < 4.78 is -0.592. The Morgan fingerprint density at radius 2 is 2.13 bits per heavy atom. The molecular formula is C7H7Cl3N4O. The van der Waals surface area contributed by atoms with Crippen LogP contribution in [0, 0.1) is 11.3 Å². The first-order chi connectivity index (χ1) is 6.91. The van der Waals surface area contributed by atoms with Gasteiger partial charge in [0.1, 0.15) is 17.3 Å². The Morgan fingerprint density at radius 1 is 1.53 bits per heavy atom. The molecular weight excluding hydrogens is 262 g/mol. The fraction of sp³-hybridized carbons (Fsp3) is 0.429. The minimum atomic E-state index is -1.80. The van der Waals surface area contributed by atoms with E-state index < -0.39 is 3.79 Å². The van der Waals surface area contributed by atoms with E-state index in [1.807, 2.05) is 0 Å². The molecule has 15 heavy (non-hydrogen) atoms. The van der Waals surface area contributed by atoms with Crippen molar-refractivity contribution >= 4 is 40.6 Å². The van der Waals surface area contributed by atoms with E-state index in [2.05, 4.69) is 5.10 Å². The molecule has 0 saturated carbocycles. The van der Waals surface area contributed by atoms with Gasteiger partial charge in [0.25, 0.3) is 0 Å². The minimum Gasteiger partial charge on any atom is -0.394 e. The van der Waals surface area contributed by atoms with Gasteiger partial charge in [0, 0.05) is 0 Å². The standard InChI is InChI=1S/C7H7Cl3N4O/c8-7(9,10)5-4(3-11)6(12)13-14(5)1-2-15/h15H,1-2H2,(H2,12,13). The lowest BCUT2D eigenvalue weighted by atomic mass is 10.2. The van der Waals surface area contributed by atoms with Gasteiger partial charge in [0.05, 0.1) is 13.2 Å². The van der Waals surface area contributed by atoms with Crippen LogP contribution in [0.2, 0.25) is 0 Å². The number of anilines is 1. The Bertz CT molecular complexity index is 404. The highest BCUT2D eigenvalue weighted by Crippen LogP contribution is 2.41. The molecule has 0 atom stereocenters. The summed E-state index contributed by atoms with van der Waals surface area (Å²) in [6.07, 6.45) is 0. The molecule has 0 fully saturated rings. The van der Waals surface area contributed by atoms with E-state index in [1.165, 1.54) is 4.68 Å². The summed E-state index contributed by atoms with van der Waals surface area (Å²) in [7, 11) is 0. The third-order valence-corrected chi connectivity index (χ3v) is 2.21. The number of aliphatic hydroxyl groups is 1. The van der Waals surface area contributed by atoms with Gasteiger partial charge in [-0.05, 0) is 0 Å². The lowest BCUT2D eigenvalue weighted by molar-refractivity contribution is 0.267. The van der Waals surface area contributed by atoms with Crippen LogP contribution in [-0.2, 0) is 10.3 Å². The molecule has 0 radical (unpaired) electrons. The maximum absolute atomic E-state index is 8.82. The predicted octanol–water partition coefficient (Wildman–Crippen LogP) is 1.16. The highest BCUT2D eigenvalue weighted by atomic mass is 35.6. The molecule has 0 aliphatic carbocycles. The van der Waals surface area contributed by atoms with Crippen molar-refractivity contribution in [3.05, 3.63) is 11.3 Å². The third kappa shape index (κ3) is 2.47. The van der Waals surface area contributed by atoms with E-state index in [1.54, 1.807) is 6.07 Å². The van der Waals surface area contributed by atoms with Gasteiger partial charge in [0.15, 0.2) is 5.82 Å².